The molecule has 0 aromatic carbocycles. The van der Waals surface area contributed by atoms with Crippen molar-refractivity contribution >= 4 is 5.91 Å². The molecule has 0 spiro atoms. The lowest BCUT2D eigenvalue weighted by Gasteiger charge is -2.27. The maximum absolute atomic E-state index is 12.2. The second-order valence-corrected chi connectivity index (χ2v) is 6.36. The van der Waals surface area contributed by atoms with Crippen molar-refractivity contribution in [3.8, 4) is 0 Å². The molecule has 1 aliphatic heterocycles. The molecule has 1 heterocycles. The van der Waals surface area contributed by atoms with Crippen molar-refractivity contribution in [2.24, 2.45) is 5.92 Å². The Hall–Kier alpha value is -1.51. The van der Waals surface area contributed by atoms with Crippen LogP contribution >= 0.6 is 0 Å². The number of fused-ring (bicyclic) bond motifs is 2. The summed E-state index contributed by atoms with van der Waals surface area (Å²) in [5, 5.41) is 3.11. The highest BCUT2D eigenvalue weighted by Gasteiger charge is 2.33. The van der Waals surface area contributed by atoms with Gasteiger partial charge in [0.15, 0.2) is 0 Å². The van der Waals surface area contributed by atoms with E-state index in [4.69, 9.17) is 4.74 Å². The first-order valence-corrected chi connectivity index (χ1v) is 8.04. The third-order valence-corrected chi connectivity index (χ3v) is 4.35. The molecule has 1 aliphatic carbocycles. The molecule has 3 nitrogen and oxygen atoms in total. The second kappa shape index (κ2) is 6.97. The first-order chi connectivity index (χ1) is 10.1. The van der Waals surface area contributed by atoms with Crippen molar-refractivity contribution in [3.63, 3.8) is 0 Å². The van der Waals surface area contributed by atoms with Crippen LogP contribution < -0.4 is 5.32 Å². The quantitative estimate of drug-likeness (QED) is 0.754. The Morgan fingerprint density at radius 2 is 2.19 bits per heavy atom. The molecule has 2 atom stereocenters. The third kappa shape index (κ3) is 4.23. The summed E-state index contributed by atoms with van der Waals surface area (Å²) in [5.74, 6) is 1.17. The van der Waals surface area contributed by atoms with Crippen molar-refractivity contribution < 1.29 is 9.53 Å². The first kappa shape index (κ1) is 15.9. The van der Waals surface area contributed by atoms with Gasteiger partial charge in [0.05, 0.1) is 12.6 Å². The van der Waals surface area contributed by atoms with Crippen LogP contribution in [0.3, 0.4) is 0 Å². The highest BCUT2D eigenvalue weighted by Crippen LogP contribution is 2.34. The van der Waals surface area contributed by atoms with Crippen molar-refractivity contribution in [2.45, 2.75) is 57.9 Å². The van der Waals surface area contributed by atoms with Crippen LogP contribution in [0.1, 0.15) is 52.4 Å². The van der Waals surface area contributed by atoms with Gasteiger partial charge in [0, 0.05) is 12.0 Å². The van der Waals surface area contributed by atoms with E-state index >= 15 is 0 Å². The predicted octanol–water partition coefficient (Wildman–Crippen LogP) is 3.88. The molecule has 3 heteroatoms. The SMILES string of the molecule is CCCCCCC1=CC(=O)NC2(C)C=C(OC)C=CC1C2. The number of methoxy groups -OCH3 is 1. The number of hydrogen-bond donors (Lipinski definition) is 1. The van der Waals surface area contributed by atoms with Crippen molar-refractivity contribution in [2.75, 3.05) is 7.11 Å². The lowest BCUT2D eigenvalue weighted by molar-refractivity contribution is -0.117. The molecule has 2 unspecified atom stereocenters. The van der Waals surface area contributed by atoms with Gasteiger partial charge in [0.1, 0.15) is 5.76 Å². The summed E-state index contributed by atoms with van der Waals surface area (Å²) in [4.78, 5) is 12.2. The van der Waals surface area contributed by atoms with Crippen LogP contribution in [-0.2, 0) is 9.53 Å². The van der Waals surface area contributed by atoms with E-state index in [0.717, 1.165) is 18.6 Å². The summed E-state index contributed by atoms with van der Waals surface area (Å²) >= 11 is 0. The van der Waals surface area contributed by atoms with Crippen molar-refractivity contribution in [1.82, 2.24) is 5.32 Å². The van der Waals surface area contributed by atoms with Gasteiger partial charge in [-0.25, -0.2) is 0 Å². The standard InChI is InChI=1S/C18H27NO2/c1-4-5-6-7-8-14-11-17(20)19-18(2)12-15(14)9-10-16(13-18)21-3/h9-11,13,15H,4-8,12H2,1-3H3,(H,19,20). The van der Waals surface area contributed by atoms with Gasteiger partial charge in [-0.15, -0.1) is 0 Å². The summed E-state index contributed by atoms with van der Waals surface area (Å²) < 4.78 is 5.37. The molecule has 1 amide bonds. The van der Waals surface area contributed by atoms with E-state index in [1.165, 1.54) is 31.3 Å². The summed E-state index contributed by atoms with van der Waals surface area (Å²) in [6, 6.07) is 0. The second-order valence-electron chi connectivity index (χ2n) is 6.36. The molecule has 0 aromatic heterocycles. The van der Waals surface area contributed by atoms with Crippen LogP contribution in [0, 0.1) is 5.92 Å². The smallest absolute Gasteiger partial charge is 0.244 e. The van der Waals surface area contributed by atoms with E-state index in [9.17, 15) is 4.79 Å². The Kier molecular flexibility index (Phi) is 5.27. The zero-order valence-corrected chi connectivity index (χ0v) is 13.4. The fourth-order valence-corrected chi connectivity index (χ4v) is 3.23. The molecule has 0 aromatic rings. The Labute approximate surface area is 128 Å². The minimum atomic E-state index is -0.335. The average molecular weight is 289 g/mol. The van der Waals surface area contributed by atoms with Crippen LogP contribution in [0.25, 0.3) is 0 Å². The molecule has 21 heavy (non-hydrogen) atoms. The summed E-state index contributed by atoms with van der Waals surface area (Å²) in [7, 11) is 1.67. The molecule has 0 saturated carbocycles. The molecule has 116 valence electrons. The Morgan fingerprint density at radius 1 is 1.38 bits per heavy atom. The largest absolute Gasteiger partial charge is 0.497 e. The molecule has 2 aliphatic rings. The van der Waals surface area contributed by atoms with Gasteiger partial charge in [0.2, 0.25) is 5.91 Å². The molecule has 2 bridgehead atoms. The summed E-state index contributed by atoms with van der Waals surface area (Å²) in [5.41, 5.74) is 0.924. The van der Waals surface area contributed by atoms with Gasteiger partial charge in [0.25, 0.3) is 0 Å². The molecule has 2 rings (SSSR count). The third-order valence-electron chi connectivity index (χ3n) is 4.35. The lowest BCUT2D eigenvalue weighted by atomic mass is 9.84. The molecule has 0 radical (unpaired) electrons. The fraction of sp³-hybridized carbons (Fsp3) is 0.611. The highest BCUT2D eigenvalue weighted by atomic mass is 16.5. The predicted molar refractivity (Wildman–Crippen MR) is 85.7 cm³/mol. The van der Waals surface area contributed by atoms with Gasteiger partial charge in [-0.2, -0.15) is 0 Å². The maximum Gasteiger partial charge on any atom is 0.244 e. The van der Waals surface area contributed by atoms with E-state index in [0.29, 0.717) is 5.92 Å². The first-order valence-electron chi connectivity index (χ1n) is 8.04. The summed E-state index contributed by atoms with van der Waals surface area (Å²) in [6.45, 7) is 4.29. The van der Waals surface area contributed by atoms with Gasteiger partial charge in [-0.05, 0) is 38.3 Å². The average Bonchev–Trinajstić information content (AvgIpc) is 2.67. The van der Waals surface area contributed by atoms with Crippen LogP contribution in [0.15, 0.2) is 35.6 Å². The van der Waals surface area contributed by atoms with Crippen molar-refractivity contribution in [3.05, 3.63) is 35.6 Å². The Balaban J connectivity index is 2.15. The molecular weight excluding hydrogens is 262 g/mol. The van der Waals surface area contributed by atoms with Crippen LogP contribution in [0.4, 0.5) is 0 Å². The zero-order chi connectivity index (χ0) is 15.3. The van der Waals surface area contributed by atoms with Crippen LogP contribution in [0.2, 0.25) is 0 Å². The van der Waals surface area contributed by atoms with Gasteiger partial charge < -0.3 is 10.1 Å². The normalized spacial score (nSPS) is 28.1. The number of ether oxygens (including phenoxy) is 1. The monoisotopic (exact) mass is 289 g/mol. The van der Waals surface area contributed by atoms with E-state index < -0.39 is 0 Å². The van der Waals surface area contributed by atoms with Crippen LogP contribution in [0.5, 0.6) is 0 Å². The lowest BCUT2D eigenvalue weighted by Crippen LogP contribution is -2.43. The van der Waals surface area contributed by atoms with Gasteiger partial charge in [-0.3, -0.25) is 4.79 Å². The molecule has 0 fully saturated rings. The van der Waals surface area contributed by atoms with Gasteiger partial charge in [-0.1, -0.05) is 37.8 Å². The summed E-state index contributed by atoms with van der Waals surface area (Å²) in [6.07, 6.45) is 14.9. The highest BCUT2D eigenvalue weighted by molar-refractivity contribution is 5.89. The maximum atomic E-state index is 12.2. The van der Waals surface area contributed by atoms with Gasteiger partial charge >= 0.3 is 0 Å². The fourth-order valence-electron chi connectivity index (χ4n) is 3.23. The van der Waals surface area contributed by atoms with E-state index in [-0.39, 0.29) is 11.4 Å². The Bertz CT molecular complexity index is 476. The molecular formula is C18H27NO2. The number of nitrogens with one attached hydrogen (secondary N) is 1. The number of hydrogen-bond acceptors (Lipinski definition) is 2. The number of carbonyl (C=O) groups excluding carboxylic acids is 1. The van der Waals surface area contributed by atoms with Crippen LogP contribution in [-0.4, -0.2) is 18.6 Å². The van der Waals surface area contributed by atoms with Crippen molar-refractivity contribution in [1.29, 1.82) is 0 Å². The number of rotatable bonds is 6. The molecule has 1 N–H and O–H groups in total. The minimum Gasteiger partial charge on any atom is -0.497 e. The van der Waals surface area contributed by atoms with E-state index in [2.05, 4.69) is 25.2 Å². The molecule has 0 saturated heterocycles. The van der Waals surface area contributed by atoms with E-state index in [1.54, 1.807) is 7.11 Å². The number of carbonyl (C=O) groups is 1. The number of amides is 1. The zero-order valence-electron chi connectivity index (χ0n) is 13.4. The topological polar surface area (TPSA) is 38.3 Å². The number of unbranched alkanes of at least 4 members (excludes halogenated alkanes) is 3. The Morgan fingerprint density at radius 3 is 2.90 bits per heavy atom. The van der Waals surface area contributed by atoms with E-state index in [1.807, 2.05) is 18.2 Å². The number of allylic oxidation sites excluding steroid dienone is 3. The minimum absolute atomic E-state index is 0.0208.